The maximum atomic E-state index is 6.16. The Hall–Kier alpha value is -0.260. The van der Waals surface area contributed by atoms with Gasteiger partial charge in [-0.15, -0.1) is 0 Å². The lowest BCUT2D eigenvalue weighted by atomic mass is 10.1. The van der Waals surface area contributed by atoms with Crippen LogP contribution in [0.1, 0.15) is 18.5 Å². The third-order valence-electron chi connectivity index (χ3n) is 3.07. The highest BCUT2D eigenvalue weighted by Gasteiger charge is 2.11. The molecular weight excluding hydrogens is 441 g/mol. The van der Waals surface area contributed by atoms with Crippen LogP contribution in [0.3, 0.4) is 0 Å². The molecule has 0 spiro atoms. The SMILES string of the molecule is CNC(C)c1ccc(Oc2cc(Cl)c(Br)cc2Cl)cc1Br. The minimum Gasteiger partial charge on any atom is -0.456 e. The van der Waals surface area contributed by atoms with Crippen LogP contribution in [0.4, 0.5) is 0 Å². The Labute approximate surface area is 151 Å². The topological polar surface area (TPSA) is 21.3 Å². The van der Waals surface area contributed by atoms with Crippen molar-refractivity contribution in [1.29, 1.82) is 0 Å². The van der Waals surface area contributed by atoms with Crippen molar-refractivity contribution in [3.8, 4) is 11.5 Å². The zero-order chi connectivity index (χ0) is 15.6. The molecule has 1 unspecified atom stereocenters. The summed E-state index contributed by atoms with van der Waals surface area (Å²) in [5.41, 5.74) is 1.16. The third-order valence-corrected chi connectivity index (χ3v) is 5.25. The molecule has 0 aliphatic rings. The molecule has 0 amide bonds. The summed E-state index contributed by atoms with van der Waals surface area (Å²) in [7, 11) is 1.92. The molecule has 2 rings (SSSR count). The highest BCUT2D eigenvalue weighted by atomic mass is 79.9. The summed E-state index contributed by atoms with van der Waals surface area (Å²) < 4.78 is 7.52. The second-order valence-electron chi connectivity index (χ2n) is 4.49. The van der Waals surface area contributed by atoms with Crippen LogP contribution in [0.5, 0.6) is 11.5 Å². The van der Waals surface area contributed by atoms with Gasteiger partial charge in [0.2, 0.25) is 0 Å². The van der Waals surface area contributed by atoms with Crippen LogP contribution in [0, 0.1) is 0 Å². The summed E-state index contributed by atoms with van der Waals surface area (Å²) in [4.78, 5) is 0. The molecule has 2 nitrogen and oxygen atoms in total. The maximum absolute atomic E-state index is 6.16. The first-order chi connectivity index (χ1) is 9.92. The number of nitrogens with one attached hydrogen (secondary N) is 1. The number of hydrogen-bond acceptors (Lipinski definition) is 2. The zero-order valence-electron chi connectivity index (χ0n) is 11.4. The first-order valence-electron chi connectivity index (χ1n) is 6.21. The molecule has 0 saturated heterocycles. The van der Waals surface area contributed by atoms with Gasteiger partial charge in [0.1, 0.15) is 11.5 Å². The van der Waals surface area contributed by atoms with E-state index < -0.39 is 0 Å². The quantitative estimate of drug-likeness (QED) is 0.527. The third kappa shape index (κ3) is 4.14. The second-order valence-corrected chi connectivity index (χ2v) is 7.02. The van der Waals surface area contributed by atoms with Gasteiger partial charge in [-0.25, -0.2) is 0 Å². The molecule has 1 N–H and O–H groups in total. The van der Waals surface area contributed by atoms with Gasteiger partial charge >= 0.3 is 0 Å². The summed E-state index contributed by atoms with van der Waals surface area (Å²) in [6.07, 6.45) is 0. The minimum atomic E-state index is 0.249. The molecule has 0 radical (unpaired) electrons. The van der Waals surface area contributed by atoms with Crippen molar-refractivity contribution < 1.29 is 4.74 Å². The lowest BCUT2D eigenvalue weighted by Crippen LogP contribution is -2.12. The van der Waals surface area contributed by atoms with E-state index in [1.54, 1.807) is 12.1 Å². The van der Waals surface area contributed by atoms with Crippen molar-refractivity contribution in [2.45, 2.75) is 13.0 Å². The van der Waals surface area contributed by atoms with Gasteiger partial charge in [-0.1, -0.05) is 45.2 Å². The van der Waals surface area contributed by atoms with E-state index in [1.165, 1.54) is 0 Å². The first kappa shape index (κ1) is 17.1. The molecule has 0 fully saturated rings. The molecule has 0 heterocycles. The van der Waals surface area contributed by atoms with Gasteiger partial charge in [-0.3, -0.25) is 0 Å². The molecule has 112 valence electrons. The largest absolute Gasteiger partial charge is 0.456 e. The summed E-state index contributed by atoms with van der Waals surface area (Å²) in [6.45, 7) is 2.09. The average Bonchev–Trinajstić information content (AvgIpc) is 2.44. The molecule has 0 aliphatic carbocycles. The van der Waals surface area contributed by atoms with Crippen molar-refractivity contribution in [1.82, 2.24) is 5.32 Å². The average molecular weight is 454 g/mol. The summed E-state index contributed by atoms with van der Waals surface area (Å²) in [6, 6.07) is 9.47. The van der Waals surface area contributed by atoms with E-state index in [0.29, 0.717) is 21.5 Å². The normalized spacial score (nSPS) is 12.3. The smallest absolute Gasteiger partial charge is 0.147 e. The van der Waals surface area contributed by atoms with Crippen molar-refractivity contribution in [2.24, 2.45) is 0 Å². The van der Waals surface area contributed by atoms with Gasteiger partial charge in [0.15, 0.2) is 0 Å². The predicted molar refractivity (Wildman–Crippen MR) is 95.9 cm³/mol. The molecule has 2 aromatic rings. The Morgan fingerprint density at radius 1 is 1.05 bits per heavy atom. The maximum Gasteiger partial charge on any atom is 0.147 e. The number of hydrogen-bond donors (Lipinski definition) is 1. The fourth-order valence-electron chi connectivity index (χ4n) is 1.79. The van der Waals surface area contributed by atoms with E-state index in [-0.39, 0.29) is 6.04 Å². The summed E-state index contributed by atoms with van der Waals surface area (Å²) in [5.74, 6) is 1.21. The van der Waals surface area contributed by atoms with Gasteiger partial charge in [0.05, 0.1) is 10.0 Å². The van der Waals surface area contributed by atoms with Crippen molar-refractivity contribution in [2.75, 3.05) is 7.05 Å². The van der Waals surface area contributed by atoms with Crippen LogP contribution < -0.4 is 10.1 Å². The fraction of sp³-hybridized carbons (Fsp3) is 0.200. The van der Waals surface area contributed by atoms with E-state index in [2.05, 4.69) is 44.1 Å². The number of halogens is 4. The molecule has 0 aliphatic heterocycles. The van der Waals surface area contributed by atoms with Crippen LogP contribution >= 0.6 is 55.1 Å². The second kappa shape index (κ2) is 7.34. The zero-order valence-corrected chi connectivity index (χ0v) is 16.1. The standard InChI is InChI=1S/C15H13Br2Cl2NO/c1-8(20-2)10-4-3-9(5-11(10)16)21-15-7-13(18)12(17)6-14(15)19/h3-8,20H,1-2H3. The van der Waals surface area contributed by atoms with E-state index >= 15 is 0 Å². The molecular formula is C15H13Br2Cl2NO. The number of rotatable bonds is 4. The Morgan fingerprint density at radius 2 is 1.76 bits per heavy atom. The molecule has 0 bridgehead atoms. The van der Waals surface area contributed by atoms with Crippen LogP contribution in [0.25, 0.3) is 0 Å². The molecule has 6 heteroatoms. The van der Waals surface area contributed by atoms with E-state index in [4.69, 9.17) is 27.9 Å². The molecule has 1 atom stereocenters. The Balaban J connectivity index is 2.29. The minimum absolute atomic E-state index is 0.249. The number of benzene rings is 2. The molecule has 2 aromatic carbocycles. The van der Waals surface area contributed by atoms with Crippen molar-refractivity contribution in [3.63, 3.8) is 0 Å². The Kier molecular flexibility index (Phi) is 5.97. The monoisotopic (exact) mass is 451 g/mol. The summed E-state index contributed by atoms with van der Waals surface area (Å²) in [5, 5.41) is 4.24. The lowest BCUT2D eigenvalue weighted by molar-refractivity contribution is 0.482. The van der Waals surface area contributed by atoms with Crippen molar-refractivity contribution in [3.05, 3.63) is 54.9 Å². The van der Waals surface area contributed by atoms with Gasteiger partial charge in [-0.2, -0.15) is 0 Å². The molecule has 0 saturated carbocycles. The van der Waals surface area contributed by atoms with Crippen molar-refractivity contribution >= 4 is 55.1 Å². The molecule has 21 heavy (non-hydrogen) atoms. The predicted octanol–water partition coefficient (Wildman–Crippen LogP) is 6.59. The van der Waals surface area contributed by atoms with Gasteiger partial charge < -0.3 is 10.1 Å². The van der Waals surface area contributed by atoms with E-state index in [9.17, 15) is 0 Å². The van der Waals surface area contributed by atoms with Gasteiger partial charge in [0.25, 0.3) is 0 Å². The first-order valence-corrected chi connectivity index (χ1v) is 8.55. The van der Waals surface area contributed by atoms with Crippen LogP contribution in [0.2, 0.25) is 10.0 Å². The van der Waals surface area contributed by atoms with Gasteiger partial charge in [-0.05, 0) is 53.7 Å². The Bertz CT molecular complexity index is 664. The highest BCUT2D eigenvalue weighted by molar-refractivity contribution is 9.10. The number of ether oxygens (including phenoxy) is 1. The molecule has 0 aromatic heterocycles. The summed E-state index contributed by atoms with van der Waals surface area (Å²) >= 11 is 19.1. The van der Waals surface area contributed by atoms with Gasteiger partial charge in [0, 0.05) is 21.1 Å². The fourth-order valence-corrected chi connectivity index (χ4v) is 3.32. The van der Waals surface area contributed by atoms with Crippen LogP contribution in [-0.2, 0) is 0 Å². The van der Waals surface area contributed by atoms with E-state index in [1.807, 2.05) is 25.2 Å². The van der Waals surface area contributed by atoms with E-state index in [0.717, 1.165) is 14.5 Å². The van der Waals surface area contributed by atoms with Crippen LogP contribution in [-0.4, -0.2) is 7.05 Å². The lowest BCUT2D eigenvalue weighted by Gasteiger charge is -2.15. The highest BCUT2D eigenvalue weighted by Crippen LogP contribution is 2.37. The van der Waals surface area contributed by atoms with Crippen LogP contribution in [0.15, 0.2) is 39.3 Å². The Morgan fingerprint density at radius 3 is 2.38 bits per heavy atom.